The van der Waals surface area contributed by atoms with E-state index in [1.165, 1.54) is 16.8 Å². The molecule has 0 radical (unpaired) electrons. The predicted molar refractivity (Wildman–Crippen MR) is 86.8 cm³/mol. The molecular weight excluding hydrogens is 356 g/mol. The number of halogens is 4. The van der Waals surface area contributed by atoms with E-state index < -0.39 is 0 Å². The Balaban J connectivity index is 2.15. The molecule has 0 bridgehead atoms. The van der Waals surface area contributed by atoms with E-state index in [1.54, 1.807) is 13.8 Å². The summed E-state index contributed by atoms with van der Waals surface area (Å²) in [5.74, 6) is -0.294. The summed E-state index contributed by atoms with van der Waals surface area (Å²) in [5, 5.41) is 8.35. The quantitative estimate of drug-likeness (QED) is 0.796. The molecule has 4 nitrogen and oxygen atoms in total. The average molecular weight is 367 g/mol. The van der Waals surface area contributed by atoms with Crippen LogP contribution in [0.1, 0.15) is 11.4 Å². The molecule has 0 aliphatic heterocycles. The third-order valence-corrected chi connectivity index (χ3v) is 4.45. The summed E-state index contributed by atoms with van der Waals surface area (Å²) >= 11 is 23.8. The number of benzene rings is 1. The molecule has 1 amide bonds. The van der Waals surface area contributed by atoms with Crippen molar-refractivity contribution in [1.82, 2.24) is 9.78 Å². The number of nitrogens with one attached hydrogen (secondary N) is 1. The van der Waals surface area contributed by atoms with E-state index in [4.69, 9.17) is 46.4 Å². The molecule has 0 aliphatic carbocycles. The highest BCUT2D eigenvalue weighted by Crippen LogP contribution is 2.32. The molecule has 0 unspecified atom stereocenters. The van der Waals surface area contributed by atoms with Crippen LogP contribution in [0.15, 0.2) is 12.1 Å². The highest BCUT2D eigenvalue weighted by atomic mass is 35.5. The number of amides is 1. The summed E-state index contributed by atoms with van der Waals surface area (Å²) in [6.07, 6.45) is 0. The van der Waals surface area contributed by atoms with Crippen molar-refractivity contribution in [2.45, 2.75) is 20.4 Å². The first kappa shape index (κ1) is 16.4. The zero-order valence-electron chi connectivity index (χ0n) is 11.2. The molecule has 1 aromatic carbocycles. The van der Waals surface area contributed by atoms with Gasteiger partial charge >= 0.3 is 0 Å². The lowest BCUT2D eigenvalue weighted by atomic mass is 10.3. The molecule has 0 atom stereocenters. The van der Waals surface area contributed by atoms with Gasteiger partial charge in [-0.05, 0) is 26.0 Å². The van der Waals surface area contributed by atoms with Crippen LogP contribution in [0.5, 0.6) is 0 Å². The van der Waals surface area contributed by atoms with E-state index in [0.29, 0.717) is 31.5 Å². The van der Waals surface area contributed by atoms with Crippen LogP contribution in [0, 0.1) is 13.8 Å². The fourth-order valence-corrected chi connectivity index (χ4v) is 2.50. The van der Waals surface area contributed by atoms with Crippen molar-refractivity contribution >= 4 is 58.0 Å². The van der Waals surface area contributed by atoms with Gasteiger partial charge in [0.25, 0.3) is 0 Å². The first-order chi connectivity index (χ1) is 9.79. The van der Waals surface area contributed by atoms with E-state index in [9.17, 15) is 4.79 Å². The monoisotopic (exact) mass is 365 g/mol. The molecular formula is C13H11Cl4N3O. The Morgan fingerprint density at radius 2 is 1.76 bits per heavy atom. The molecule has 0 spiro atoms. The lowest BCUT2D eigenvalue weighted by molar-refractivity contribution is -0.116. The van der Waals surface area contributed by atoms with Crippen LogP contribution >= 0.6 is 46.4 Å². The summed E-state index contributed by atoms with van der Waals surface area (Å²) in [6.45, 7) is 3.59. The van der Waals surface area contributed by atoms with Gasteiger partial charge in [-0.25, -0.2) is 0 Å². The fourth-order valence-electron chi connectivity index (χ4n) is 1.77. The molecule has 0 fully saturated rings. The van der Waals surface area contributed by atoms with Gasteiger partial charge in [0.2, 0.25) is 5.91 Å². The number of anilines is 1. The Bertz CT molecular complexity index is 712. The minimum Gasteiger partial charge on any atom is -0.323 e. The van der Waals surface area contributed by atoms with Gasteiger partial charge in [0.15, 0.2) is 0 Å². The topological polar surface area (TPSA) is 46.9 Å². The number of carbonyl (C=O) groups is 1. The zero-order valence-corrected chi connectivity index (χ0v) is 14.2. The Morgan fingerprint density at radius 3 is 2.33 bits per heavy atom. The average Bonchev–Trinajstić information content (AvgIpc) is 2.63. The first-order valence-electron chi connectivity index (χ1n) is 5.93. The van der Waals surface area contributed by atoms with Gasteiger partial charge in [0.1, 0.15) is 6.54 Å². The number of hydrogen-bond acceptors (Lipinski definition) is 2. The maximum Gasteiger partial charge on any atom is 0.246 e. The second-order valence-electron chi connectivity index (χ2n) is 4.44. The molecule has 1 heterocycles. The molecule has 8 heteroatoms. The highest BCUT2D eigenvalue weighted by Gasteiger charge is 2.14. The van der Waals surface area contributed by atoms with Crippen molar-refractivity contribution in [2.75, 3.05) is 5.32 Å². The molecule has 1 aromatic heterocycles. The van der Waals surface area contributed by atoms with E-state index in [2.05, 4.69) is 10.4 Å². The molecule has 21 heavy (non-hydrogen) atoms. The normalized spacial score (nSPS) is 10.8. The Morgan fingerprint density at radius 1 is 1.14 bits per heavy atom. The van der Waals surface area contributed by atoms with Crippen LogP contribution in [0.25, 0.3) is 0 Å². The third-order valence-electron chi connectivity index (χ3n) is 2.87. The van der Waals surface area contributed by atoms with Crippen LogP contribution in [-0.4, -0.2) is 15.7 Å². The number of nitrogens with zero attached hydrogens (tertiary/aromatic N) is 2. The molecule has 0 saturated heterocycles. The first-order valence-corrected chi connectivity index (χ1v) is 7.44. The predicted octanol–water partition coefficient (Wildman–Crippen LogP) is 4.75. The summed E-state index contributed by atoms with van der Waals surface area (Å²) in [4.78, 5) is 12.1. The van der Waals surface area contributed by atoms with Gasteiger partial charge in [-0.15, -0.1) is 0 Å². The van der Waals surface area contributed by atoms with Crippen LogP contribution in [0.3, 0.4) is 0 Å². The van der Waals surface area contributed by atoms with Crippen LogP contribution < -0.4 is 5.32 Å². The van der Waals surface area contributed by atoms with Crippen LogP contribution in [0.2, 0.25) is 20.1 Å². The molecule has 2 rings (SSSR count). The Labute approximate surface area is 141 Å². The van der Waals surface area contributed by atoms with Crippen molar-refractivity contribution in [1.29, 1.82) is 0 Å². The summed E-state index contributed by atoms with van der Waals surface area (Å²) in [5.41, 5.74) is 1.79. The van der Waals surface area contributed by atoms with Crippen molar-refractivity contribution in [3.05, 3.63) is 43.6 Å². The molecule has 0 saturated carbocycles. The molecule has 0 aliphatic rings. The van der Waals surface area contributed by atoms with Gasteiger partial charge in [-0.3, -0.25) is 9.48 Å². The SMILES string of the molecule is Cc1nn(CC(=O)Nc2cc(Cl)c(Cl)cc2Cl)c(C)c1Cl. The number of rotatable bonds is 3. The Hall–Kier alpha value is -0.940. The molecule has 2 aromatic rings. The zero-order chi connectivity index (χ0) is 15.7. The fraction of sp³-hybridized carbons (Fsp3) is 0.231. The lowest BCUT2D eigenvalue weighted by Gasteiger charge is -2.09. The van der Waals surface area contributed by atoms with E-state index in [0.717, 1.165) is 5.69 Å². The molecule has 112 valence electrons. The number of carbonyl (C=O) groups excluding carboxylic acids is 1. The smallest absolute Gasteiger partial charge is 0.246 e. The highest BCUT2D eigenvalue weighted by molar-refractivity contribution is 6.44. The van der Waals surface area contributed by atoms with E-state index in [1.807, 2.05) is 0 Å². The van der Waals surface area contributed by atoms with Gasteiger partial charge in [0.05, 0.1) is 37.2 Å². The van der Waals surface area contributed by atoms with Crippen molar-refractivity contribution in [2.24, 2.45) is 0 Å². The standard InChI is InChI=1S/C13H11Cl4N3O/c1-6-13(17)7(2)20(19-6)5-12(21)18-11-4-9(15)8(14)3-10(11)16/h3-4H,5H2,1-2H3,(H,18,21). The third kappa shape index (κ3) is 3.64. The van der Waals surface area contributed by atoms with Crippen molar-refractivity contribution in [3.8, 4) is 0 Å². The number of aryl methyl sites for hydroxylation is 1. The summed E-state index contributed by atoms with van der Waals surface area (Å²) < 4.78 is 1.53. The van der Waals surface area contributed by atoms with Gasteiger partial charge < -0.3 is 5.32 Å². The van der Waals surface area contributed by atoms with Crippen molar-refractivity contribution < 1.29 is 4.79 Å². The second-order valence-corrected chi connectivity index (χ2v) is 6.04. The minimum atomic E-state index is -0.294. The van der Waals surface area contributed by atoms with Gasteiger partial charge in [-0.1, -0.05) is 46.4 Å². The Kier molecular flexibility index (Phi) is 5.04. The summed E-state index contributed by atoms with van der Waals surface area (Å²) in [7, 11) is 0. The second kappa shape index (κ2) is 6.44. The lowest BCUT2D eigenvalue weighted by Crippen LogP contribution is -2.20. The number of aromatic nitrogens is 2. The van der Waals surface area contributed by atoms with E-state index in [-0.39, 0.29) is 12.5 Å². The largest absolute Gasteiger partial charge is 0.323 e. The maximum absolute atomic E-state index is 12.1. The maximum atomic E-state index is 12.1. The van der Waals surface area contributed by atoms with E-state index >= 15 is 0 Å². The van der Waals surface area contributed by atoms with Crippen molar-refractivity contribution in [3.63, 3.8) is 0 Å². The van der Waals surface area contributed by atoms with Crippen LogP contribution in [-0.2, 0) is 11.3 Å². The van der Waals surface area contributed by atoms with Gasteiger partial charge in [-0.2, -0.15) is 5.10 Å². The molecule has 1 N–H and O–H groups in total. The summed E-state index contributed by atoms with van der Waals surface area (Å²) in [6, 6.07) is 2.97. The minimum absolute atomic E-state index is 0.0238. The van der Waals surface area contributed by atoms with Crippen LogP contribution in [0.4, 0.5) is 5.69 Å². The van der Waals surface area contributed by atoms with Gasteiger partial charge in [0, 0.05) is 0 Å². The number of hydrogen-bond donors (Lipinski definition) is 1.